The highest BCUT2D eigenvalue weighted by Crippen LogP contribution is 2.33. The number of nitriles is 1. The molecule has 3 aromatic rings. The number of pyridine rings is 2. The Balaban J connectivity index is 1.51. The lowest BCUT2D eigenvalue weighted by Crippen LogP contribution is -2.30. The lowest BCUT2D eigenvalue weighted by Gasteiger charge is -2.17. The first-order chi connectivity index (χ1) is 17.8. The maximum Gasteiger partial charge on any atom is 0.271 e. The third kappa shape index (κ3) is 5.53. The van der Waals surface area contributed by atoms with Crippen molar-refractivity contribution in [1.29, 1.82) is 5.26 Å². The summed E-state index contributed by atoms with van der Waals surface area (Å²) in [6.07, 6.45) is 5.16. The van der Waals surface area contributed by atoms with E-state index in [4.69, 9.17) is 12.2 Å². The number of amides is 1. The molecule has 0 unspecified atom stereocenters. The van der Waals surface area contributed by atoms with Crippen LogP contribution in [-0.2, 0) is 11.3 Å². The van der Waals surface area contributed by atoms with Crippen LogP contribution < -0.4 is 5.56 Å². The van der Waals surface area contributed by atoms with E-state index in [1.807, 2.05) is 36.4 Å². The van der Waals surface area contributed by atoms with Crippen molar-refractivity contribution >= 4 is 46.1 Å². The number of benzene rings is 1. The summed E-state index contributed by atoms with van der Waals surface area (Å²) in [7, 11) is 0. The Morgan fingerprint density at radius 3 is 2.65 bits per heavy atom. The van der Waals surface area contributed by atoms with E-state index in [0.717, 1.165) is 10.1 Å². The fourth-order valence-corrected chi connectivity index (χ4v) is 5.33. The van der Waals surface area contributed by atoms with Crippen molar-refractivity contribution in [1.82, 2.24) is 14.5 Å². The molecule has 1 aromatic carbocycles. The molecule has 0 radical (unpaired) electrons. The fraction of sp³-hybridized carbons (Fsp3) is 0.185. The summed E-state index contributed by atoms with van der Waals surface area (Å²) < 4.78 is 1.42. The van der Waals surface area contributed by atoms with Gasteiger partial charge >= 0.3 is 0 Å². The van der Waals surface area contributed by atoms with Crippen molar-refractivity contribution in [2.75, 3.05) is 6.54 Å². The molecule has 4 rings (SSSR count). The minimum atomic E-state index is -0.680. The van der Waals surface area contributed by atoms with Crippen LogP contribution in [0.3, 0.4) is 0 Å². The Kier molecular flexibility index (Phi) is 7.96. The number of ketones is 1. The second kappa shape index (κ2) is 11.3. The fourth-order valence-electron chi connectivity index (χ4n) is 4.02. The Labute approximate surface area is 222 Å². The third-order valence-electron chi connectivity index (χ3n) is 5.90. The van der Waals surface area contributed by atoms with Crippen LogP contribution in [-0.4, -0.2) is 42.1 Å². The molecule has 0 aliphatic carbocycles. The van der Waals surface area contributed by atoms with Crippen molar-refractivity contribution < 1.29 is 14.7 Å². The van der Waals surface area contributed by atoms with E-state index in [9.17, 15) is 24.8 Å². The highest BCUT2D eigenvalue weighted by Gasteiger charge is 2.32. The number of aromatic nitrogens is 2. The number of thioether (sulfide) groups is 1. The zero-order chi connectivity index (χ0) is 26.5. The second-order valence-corrected chi connectivity index (χ2v) is 10.0. The van der Waals surface area contributed by atoms with Crippen LogP contribution in [0.5, 0.6) is 5.88 Å². The Bertz CT molecular complexity index is 1510. The summed E-state index contributed by atoms with van der Waals surface area (Å²) in [6, 6.07) is 14.7. The normalized spacial score (nSPS) is 14.3. The number of carbonyl (C=O) groups excluding carboxylic acids is 2. The standard InChI is InChI=1S/C27H22N4O4S2/c1-17-20(14-28)24(33)31(16-19-9-5-11-29-15-19)26(35)23(17)21(32)10-6-12-30-25(34)22(37-27(30)36)13-18-7-3-2-4-8-18/h2-5,7-9,11,13,15,35H,6,10,12,16H2,1H3/b22-13-. The van der Waals surface area contributed by atoms with Gasteiger partial charge in [0.2, 0.25) is 5.88 Å². The van der Waals surface area contributed by atoms with Crippen LogP contribution in [0.4, 0.5) is 0 Å². The zero-order valence-corrected chi connectivity index (χ0v) is 21.5. The number of hydrogen-bond donors (Lipinski definition) is 1. The molecule has 1 aliphatic heterocycles. The summed E-state index contributed by atoms with van der Waals surface area (Å²) >= 11 is 6.59. The van der Waals surface area contributed by atoms with E-state index in [1.54, 1.807) is 24.4 Å². The Morgan fingerprint density at radius 1 is 1.22 bits per heavy atom. The smallest absolute Gasteiger partial charge is 0.271 e. The molecule has 1 amide bonds. The first kappa shape index (κ1) is 26.0. The molecule has 186 valence electrons. The Morgan fingerprint density at radius 2 is 1.97 bits per heavy atom. The average Bonchev–Trinajstić information content (AvgIpc) is 3.15. The average molecular weight is 531 g/mol. The van der Waals surface area contributed by atoms with Crippen LogP contribution in [0.1, 0.15) is 45.5 Å². The topological polar surface area (TPSA) is 116 Å². The minimum Gasteiger partial charge on any atom is -0.494 e. The molecule has 0 saturated carbocycles. The van der Waals surface area contributed by atoms with E-state index >= 15 is 0 Å². The van der Waals surface area contributed by atoms with Gasteiger partial charge in [-0.1, -0.05) is 60.4 Å². The summed E-state index contributed by atoms with van der Waals surface area (Å²) in [5.74, 6) is -1.15. The molecule has 8 nitrogen and oxygen atoms in total. The number of aromatic hydroxyl groups is 1. The lowest BCUT2D eigenvalue weighted by molar-refractivity contribution is -0.122. The SMILES string of the molecule is Cc1c(C(=O)CCCN2C(=O)/C(=C/c3ccccc3)SC2=S)c(O)n(Cc2cccnc2)c(=O)c1C#N. The summed E-state index contributed by atoms with van der Waals surface area (Å²) in [5, 5.41) is 20.4. The highest BCUT2D eigenvalue weighted by molar-refractivity contribution is 8.26. The van der Waals surface area contributed by atoms with Gasteiger partial charge in [0.15, 0.2) is 5.78 Å². The summed E-state index contributed by atoms with van der Waals surface area (Å²) in [4.78, 5) is 44.8. The predicted octanol–water partition coefficient (Wildman–Crippen LogP) is 4.04. The predicted molar refractivity (Wildman–Crippen MR) is 145 cm³/mol. The summed E-state index contributed by atoms with van der Waals surface area (Å²) in [5.41, 5.74) is 0.694. The number of rotatable bonds is 8. The number of thiocarbonyl (C=S) groups is 1. The highest BCUT2D eigenvalue weighted by atomic mass is 32.2. The molecule has 2 aromatic heterocycles. The van der Waals surface area contributed by atoms with Gasteiger partial charge in [0.05, 0.1) is 17.0 Å². The van der Waals surface area contributed by atoms with Gasteiger partial charge < -0.3 is 5.11 Å². The van der Waals surface area contributed by atoms with E-state index in [2.05, 4.69) is 4.98 Å². The molecular weight excluding hydrogens is 508 g/mol. The van der Waals surface area contributed by atoms with E-state index in [0.29, 0.717) is 14.8 Å². The van der Waals surface area contributed by atoms with Gasteiger partial charge in [-0.25, -0.2) is 0 Å². The van der Waals surface area contributed by atoms with Crippen LogP contribution in [0, 0.1) is 18.3 Å². The Hall–Kier alpha value is -4.07. The lowest BCUT2D eigenvalue weighted by atomic mass is 9.99. The van der Waals surface area contributed by atoms with Crippen LogP contribution in [0.25, 0.3) is 6.08 Å². The van der Waals surface area contributed by atoms with E-state index in [1.165, 1.54) is 29.8 Å². The van der Waals surface area contributed by atoms with Crippen LogP contribution >= 0.6 is 24.0 Å². The van der Waals surface area contributed by atoms with Gasteiger partial charge in [-0.2, -0.15) is 5.26 Å². The molecule has 0 atom stereocenters. The number of carbonyl (C=O) groups is 2. The molecular formula is C27H22N4O4S2. The van der Waals surface area contributed by atoms with Crippen molar-refractivity contribution in [2.45, 2.75) is 26.3 Å². The van der Waals surface area contributed by atoms with E-state index in [-0.39, 0.29) is 48.5 Å². The van der Waals surface area contributed by atoms with Gasteiger partial charge in [-0.3, -0.25) is 28.8 Å². The van der Waals surface area contributed by atoms with Gasteiger partial charge in [-0.15, -0.1) is 0 Å². The van der Waals surface area contributed by atoms with Crippen molar-refractivity contribution in [3.63, 3.8) is 0 Å². The van der Waals surface area contributed by atoms with Crippen molar-refractivity contribution in [3.8, 4) is 11.9 Å². The summed E-state index contributed by atoms with van der Waals surface area (Å²) in [6.45, 7) is 1.65. The first-order valence-corrected chi connectivity index (χ1v) is 12.6. The molecule has 0 bridgehead atoms. The van der Waals surface area contributed by atoms with Gasteiger partial charge in [-0.05, 0) is 42.2 Å². The maximum absolute atomic E-state index is 13.2. The number of hydrogen-bond acceptors (Lipinski definition) is 8. The quantitative estimate of drug-likeness (QED) is 0.264. The van der Waals surface area contributed by atoms with Crippen LogP contribution in [0.15, 0.2) is 64.6 Å². The molecule has 1 N–H and O–H groups in total. The van der Waals surface area contributed by atoms with Gasteiger partial charge in [0.25, 0.3) is 11.5 Å². The van der Waals surface area contributed by atoms with Crippen molar-refractivity contribution in [3.05, 3.63) is 97.9 Å². The molecule has 37 heavy (non-hydrogen) atoms. The zero-order valence-electron chi connectivity index (χ0n) is 19.9. The molecule has 1 aliphatic rings. The molecule has 1 saturated heterocycles. The van der Waals surface area contributed by atoms with E-state index < -0.39 is 17.2 Å². The van der Waals surface area contributed by atoms with Crippen LogP contribution in [0.2, 0.25) is 0 Å². The molecule has 1 fully saturated rings. The molecule has 0 spiro atoms. The largest absolute Gasteiger partial charge is 0.494 e. The third-order valence-corrected chi connectivity index (χ3v) is 7.28. The molecule has 3 heterocycles. The maximum atomic E-state index is 13.2. The van der Waals surface area contributed by atoms with Gasteiger partial charge in [0.1, 0.15) is 16.0 Å². The molecule has 10 heteroatoms. The van der Waals surface area contributed by atoms with Crippen molar-refractivity contribution in [2.24, 2.45) is 0 Å². The van der Waals surface area contributed by atoms with Gasteiger partial charge in [0, 0.05) is 25.4 Å². The number of nitrogens with zero attached hydrogens (tertiary/aromatic N) is 4. The monoisotopic (exact) mass is 530 g/mol. The first-order valence-electron chi connectivity index (χ1n) is 11.4. The number of Topliss-reactive ketones (excluding diaryl/α,β-unsaturated/α-hetero) is 1. The second-order valence-electron chi connectivity index (χ2n) is 8.33. The minimum absolute atomic E-state index is 0.0147.